The average molecular weight is 325 g/mol. The van der Waals surface area contributed by atoms with Crippen LogP contribution in [0.15, 0.2) is 18.2 Å². The molecular formula is C17H21F2NO3. The van der Waals surface area contributed by atoms with Gasteiger partial charge < -0.3 is 10.4 Å². The molecule has 1 aliphatic carbocycles. The van der Waals surface area contributed by atoms with E-state index in [1.54, 1.807) is 0 Å². The van der Waals surface area contributed by atoms with E-state index in [0.29, 0.717) is 24.3 Å². The quantitative estimate of drug-likeness (QED) is 0.874. The Kier molecular flexibility index (Phi) is 5.34. The summed E-state index contributed by atoms with van der Waals surface area (Å²) in [7, 11) is 0. The molecule has 0 unspecified atom stereocenters. The van der Waals surface area contributed by atoms with Crippen LogP contribution in [0.1, 0.15) is 44.6 Å². The van der Waals surface area contributed by atoms with Crippen LogP contribution in [0.5, 0.6) is 0 Å². The summed E-state index contributed by atoms with van der Waals surface area (Å²) in [5.41, 5.74) is -0.939. The van der Waals surface area contributed by atoms with E-state index < -0.39 is 29.0 Å². The van der Waals surface area contributed by atoms with Gasteiger partial charge in [0.25, 0.3) is 0 Å². The van der Waals surface area contributed by atoms with Crippen molar-refractivity contribution in [3.63, 3.8) is 0 Å². The van der Waals surface area contributed by atoms with E-state index in [1.807, 2.05) is 0 Å². The van der Waals surface area contributed by atoms with Gasteiger partial charge in [-0.1, -0.05) is 19.4 Å². The first kappa shape index (κ1) is 17.4. The molecule has 0 spiro atoms. The fourth-order valence-electron chi connectivity index (χ4n) is 3.12. The van der Waals surface area contributed by atoms with Crippen molar-refractivity contribution in [1.29, 1.82) is 0 Å². The maximum absolute atomic E-state index is 13.2. The van der Waals surface area contributed by atoms with Gasteiger partial charge in [-0.3, -0.25) is 4.79 Å². The fraction of sp³-hybridized carbons (Fsp3) is 0.529. The number of aliphatic carboxylic acids is 1. The number of rotatable bonds is 5. The zero-order valence-corrected chi connectivity index (χ0v) is 13.1. The number of amides is 1. The third-order valence-electron chi connectivity index (χ3n) is 4.67. The molecule has 0 saturated heterocycles. The number of halogens is 2. The van der Waals surface area contributed by atoms with Gasteiger partial charge in [-0.05, 0) is 49.3 Å². The molecule has 1 aromatic rings. The predicted octanol–water partition coefficient (Wildman–Crippen LogP) is 3.05. The normalized spacial score (nSPS) is 24.2. The third-order valence-corrected chi connectivity index (χ3v) is 4.67. The molecule has 1 aliphatic rings. The molecule has 2 N–H and O–H groups in total. The molecule has 0 atom stereocenters. The highest BCUT2D eigenvalue weighted by molar-refractivity contribution is 5.88. The van der Waals surface area contributed by atoms with Crippen molar-refractivity contribution < 1.29 is 23.5 Å². The Balaban J connectivity index is 2.04. The lowest BCUT2D eigenvalue weighted by molar-refractivity contribution is -0.149. The molecule has 1 saturated carbocycles. The van der Waals surface area contributed by atoms with E-state index in [9.17, 15) is 23.5 Å². The molecule has 4 nitrogen and oxygen atoms in total. The minimum absolute atomic E-state index is 0.177. The highest BCUT2D eigenvalue weighted by Crippen LogP contribution is 2.34. The molecule has 0 bridgehead atoms. The van der Waals surface area contributed by atoms with E-state index >= 15 is 0 Å². The molecule has 0 aliphatic heterocycles. The van der Waals surface area contributed by atoms with Crippen LogP contribution in [-0.4, -0.2) is 22.5 Å². The third kappa shape index (κ3) is 4.06. The van der Waals surface area contributed by atoms with E-state index in [2.05, 4.69) is 12.2 Å². The highest BCUT2D eigenvalue weighted by Gasteiger charge is 2.42. The lowest BCUT2D eigenvalue weighted by Crippen LogP contribution is -2.56. The van der Waals surface area contributed by atoms with E-state index in [1.165, 1.54) is 6.07 Å². The first-order valence-corrected chi connectivity index (χ1v) is 7.84. The fourth-order valence-corrected chi connectivity index (χ4v) is 3.12. The van der Waals surface area contributed by atoms with Crippen LogP contribution in [0.3, 0.4) is 0 Å². The van der Waals surface area contributed by atoms with Gasteiger partial charge in [0.05, 0.1) is 6.42 Å². The Labute approximate surface area is 133 Å². The summed E-state index contributed by atoms with van der Waals surface area (Å²) in [6.07, 6.45) is 3.12. The first-order valence-electron chi connectivity index (χ1n) is 7.84. The molecule has 23 heavy (non-hydrogen) atoms. The van der Waals surface area contributed by atoms with Crippen LogP contribution in [0.2, 0.25) is 0 Å². The highest BCUT2D eigenvalue weighted by atomic mass is 19.2. The van der Waals surface area contributed by atoms with Crippen LogP contribution in [-0.2, 0) is 16.0 Å². The van der Waals surface area contributed by atoms with Gasteiger partial charge in [0.1, 0.15) is 5.54 Å². The molecule has 1 amide bonds. The van der Waals surface area contributed by atoms with Gasteiger partial charge in [-0.2, -0.15) is 0 Å². The molecule has 0 heterocycles. The SMILES string of the molecule is CCC1CCC(NC(=O)Cc2ccc(F)c(F)c2)(C(=O)O)CC1. The standard InChI is InChI=1S/C17H21F2NO3/c1-2-11-5-7-17(8-6-11,16(22)23)20-15(21)10-12-3-4-13(18)14(19)9-12/h3-4,9,11H,2,5-8,10H2,1H3,(H,20,21)(H,22,23). The zero-order valence-electron chi connectivity index (χ0n) is 13.1. The Morgan fingerprint density at radius 2 is 1.91 bits per heavy atom. The Morgan fingerprint density at radius 3 is 2.43 bits per heavy atom. The van der Waals surface area contributed by atoms with Crippen molar-refractivity contribution in [1.82, 2.24) is 5.32 Å². The van der Waals surface area contributed by atoms with Gasteiger partial charge in [0.15, 0.2) is 11.6 Å². The number of nitrogens with one attached hydrogen (secondary N) is 1. The lowest BCUT2D eigenvalue weighted by atomic mass is 9.75. The van der Waals surface area contributed by atoms with Crippen molar-refractivity contribution in [2.24, 2.45) is 5.92 Å². The topological polar surface area (TPSA) is 66.4 Å². The number of benzene rings is 1. The van der Waals surface area contributed by atoms with Crippen molar-refractivity contribution in [2.45, 2.75) is 51.0 Å². The van der Waals surface area contributed by atoms with Gasteiger partial charge in [-0.15, -0.1) is 0 Å². The second-order valence-electron chi connectivity index (χ2n) is 6.21. The van der Waals surface area contributed by atoms with E-state index in [4.69, 9.17) is 0 Å². The summed E-state index contributed by atoms with van der Waals surface area (Å²) in [5.74, 6) is -3.04. The van der Waals surface area contributed by atoms with Crippen LogP contribution >= 0.6 is 0 Å². The number of hydrogen-bond donors (Lipinski definition) is 2. The minimum atomic E-state index is -1.25. The Hall–Kier alpha value is -1.98. The largest absolute Gasteiger partial charge is 0.480 e. The van der Waals surface area contributed by atoms with Gasteiger partial charge in [0, 0.05) is 0 Å². The van der Waals surface area contributed by atoms with Crippen LogP contribution in [0.25, 0.3) is 0 Å². The first-order chi connectivity index (χ1) is 10.9. The summed E-state index contributed by atoms with van der Waals surface area (Å²) < 4.78 is 26.1. The van der Waals surface area contributed by atoms with Crippen LogP contribution < -0.4 is 5.32 Å². The maximum Gasteiger partial charge on any atom is 0.329 e. The number of carboxylic acids is 1. The Bertz CT molecular complexity index is 596. The van der Waals surface area contributed by atoms with Crippen LogP contribution in [0.4, 0.5) is 8.78 Å². The number of carbonyl (C=O) groups excluding carboxylic acids is 1. The van der Waals surface area contributed by atoms with Crippen molar-refractivity contribution in [3.8, 4) is 0 Å². The monoisotopic (exact) mass is 325 g/mol. The molecule has 2 rings (SSSR count). The van der Waals surface area contributed by atoms with E-state index in [0.717, 1.165) is 31.4 Å². The van der Waals surface area contributed by atoms with E-state index in [-0.39, 0.29) is 6.42 Å². The second-order valence-corrected chi connectivity index (χ2v) is 6.21. The second kappa shape index (κ2) is 7.06. The Morgan fingerprint density at radius 1 is 1.26 bits per heavy atom. The molecule has 1 fully saturated rings. The predicted molar refractivity (Wildman–Crippen MR) is 80.8 cm³/mol. The summed E-state index contributed by atoms with van der Waals surface area (Å²) in [6.45, 7) is 2.07. The molecular weight excluding hydrogens is 304 g/mol. The smallest absolute Gasteiger partial charge is 0.329 e. The summed E-state index contributed by atoms with van der Waals surface area (Å²) in [6, 6.07) is 3.23. The summed E-state index contributed by atoms with van der Waals surface area (Å²) in [4.78, 5) is 23.8. The summed E-state index contributed by atoms with van der Waals surface area (Å²) in [5, 5.41) is 12.1. The number of carbonyl (C=O) groups is 2. The maximum atomic E-state index is 13.2. The van der Waals surface area contributed by atoms with Gasteiger partial charge in [0.2, 0.25) is 5.91 Å². The van der Waals surface area contributed by atoms with Crippen molar-refractivity contribution >= 4 is 11.9 Å². The van der Waals surface area contributed by atoms with Crippen LogP contribution in [0, 0.1) is 17.6 Å². The lowest BCUT2D eigenvalue weighted by Gasteiger charge is -2.37. The molecule has 126 valence electrons. The molecule has 0 aromatic heterocycles. The zero-order chi connectivity index (χ0) is 17.0. The van der Waals surface area contributed by atoms with Gasteiger partial charge >= 0.3 is 5.97 Å². The molecule has 1 aromatic carbocycles. The minimum Gasteiger partial charge on any atom is -0.480 e. The number of carboxylic acid groups (broad SMARTS) is 1. The van der Waals surface area contributed by atoms with Gasteiger partial charge in [-0.25, -0.2) is 13.6 Å². The molecule has 6 heteroatoms. The average Bonchev–Trinajstić information content (AvgIpc) is 2.51. The van der Waals surface area contributed by atoms with Crippen molar-refractivity contribution in [3.05, 3.63) is 35.4 Å². The number of hydrogen-bond acceptors (Lipinski definition) is 2. The molecule has 0 radical (unpaired) electrons. The summed E-state index contributed by atoms with van der Waals surface area (Å²) >= 11 is 0. The van der Waals surface area contributed by atoms with Crippen molar-refractivity contribution in [2.75, 3.05) is 0 Å².